The Kier molecular flexibility index (Phi) is 3.31. The van der Waals surface area contributed by atoms with Crippen molar-refractivity contribution < 1.29 is 9.53 Å². The van der Waals surface area contributed by atoms with Gasteiger partial charge in [0.05, 0.1) is 6.54 Å². The van der Waals surface area contributed by atoms with Gasteiger partial charge in [0.25, 0.3) is 6.26 Å². The first kappa shape index (κ1) is 8.76. The Balaban J connectivity index is 2.20. The summed E-state index contributed by atoms with van der Waals surface area (Å²) < 4.78 is 4.61. The predicted octanol–water partition coefficient (Wildman–Crippen LogP) is 0.846. The molecule has 0 aromatic carbocycles. The Labute approximate surface area is 70.9 Å². The van der Waals surface area contributed by atoms with Gasteiger partial charge in [0.15, 0.2) is 0 Å². The van der Waals surface area contributed by atoms with Crippen molar-refractivity contribution in [3.8, 4) is 6.26 Å². The normalized spacial score (nSPS) is 26.2. The highest BCUT2D eigenvalue weighted by molar-refractivity contribution is 5.32. The lowest BCUT2D eigenvalue weighted by molar-refractivity contribution is 0.0923. The van der Waals surface area contributed by atoms with Crippen LogP contribution in [0, 0.1) is 23.4 Å². The Bertz CT molecular complexity index is 228. The van der Waals surface area contributed by atoms with Crippen molar-refractivity contribution in [2.45, 2.75) is 12.8 Å². The summed E-state index contributed by atoms with van der Waals surface area (Å²) in [6, 6.07) is 0. The van der Waals surface area contributed by atoms with Gasteiger partial charge in [-0.1, -0.05) is 0 Å². The van der Waals surface area contributed by atoms with Gasteiger partial charge in [-0.2, -0.15) is 5.26 Å². The van der Waals surface area contributed by atoms with Gasteiger partial charge in [0.2, 0.25) is 6.08 Å². The minimum Gasteiger partial charge on any atom is -0.427 e. The second kappa shape index (κ2) is 4.53. The van der Waals surface area contributed by atoms with E-state index in [0.29, 0.717) is 25.0 Å². The number of nitrogens with zero attached hydrogens (tertiary/aromatic N) is 2. The topological polar surface area (TPSA) is 62.4 Å². The van der Waals surface area contributed by atoms with Crippen molar-refractivity contribution in [2.75, 3.05) is 13.2 Å². The van der Waals surface area contributed by atoms with Crippen LogP contribution in [0.3, 0.4) is 0 Å². The quantitative estimate of drug-likeness (QED) is 0.353. The van der Waals surface area contributed by atoms with Crippen LogP contribution in [0.25, 0.3) is 0 Å². The van der Waals surface area contributed by atoms with Gasteiger partial charge in [-0.15, -0.1) is 0 Å². The summed E-state index contributed by atoms with van der Waals surface area (Å²) in [4.78, 5) is 13.3. The predicted molar refractivity (Wildman–Crippen MR) is 40.8 cm³/mol. The molecule has 0 aliphatic heterocycles. The van der Waals surface area contributed by atoms with Crippen LogP contribution in [0.4, 0.5) is 0 Å². The van der Waals surface area contributed by atoms with E-state index in [0.717, 1.165) is 12.8 Å². The molecule has 2 unspecified atom stereocenters. The minimum atomic E-state index is 0.404. The zero-order valence-corrected chi connectivity index (χ0v) is 6.69. The third kappa shape index (κ3) is 2.08. The Morgan fingerprint density at radius 1 is 1.50 bits per heavy atom. The highest BCUT2D eigenvalue weighted by Crippen LogP contribution is 2.34. The van der Waals surface area contributed by atoms with Crippen LogP contribution in [0.15, 0.2) is 4.99 Å². The van der Waals surface area contributed by atoms with Crippen molar-refractivity contribution >= 4 is 6.08 Å². The van der Waals surface area contributed by atoms with E-state index >= 15 is 0 Å². The number of isocyanates is 1. The van der Waals surface area contributed by atoms with E-state index in [1.165, 1.54) is 6.08 Å². The molecule has 1 aliphatic carbocycles. The molecule has 1 rings (SSSR count). The number of ether oxygens (including phenoxy) is 1. The number of hydrogen-bond acceptors (Lipinski definition) is 4. The second-order valence-electron chi connectivity index (χ2n) is 2.93. The fourth-order valence-electron chi connectivity index (χ4n) is 1.40. The average Bonchev–Trinajstić information content (AvgIpc) is 2.04. The fourth-order valence-corrected chi connectivity index (χ4v) is 1.40. The van der Waals surface area contributed by atoms with E-state index in [2.05, 4.69) is 9.73 Å². The molecule has 0 bridgehead atoms. The molecule has 0 radical (unpaired) electrons. The summed E-state index contributed by atoms with van der Waals surface area (Å²) in [6.45, 7) is 0.999. The maximum Gasteiger partial charge on any atom is 0.286 e. The maximum atomic E-state index is 9.79. The van der Waals surface area contributed by atoms with E-state index in [4.69, 9.17) is 5.26 Å². The average molecular weight is 166 g/mol. The molecular formula is C8H10N2O2. The highest BCUT2D eigenvalue weighted by atomic mass is 16.5. The molecule has 1 aliphatic rings. The molecule has 0 aromatic rings. The lowest BCUT2D eigenvalue weighted by Gasteiger charge is -2.33. The number of rotatable bonds is 4. The summed E-state index contributed by atoms with van der Waals surface area (Å²) in [5, 5.41) is 8.14. The van der Waals surface area contributed by atoms with Crippen LogP contribution in [-0.4, -0.2) is 19.2 Å². The molecule has 12 heavy (non-hydrogen) atoms. The van der Waals surface area contributed by atoms with E-state index in [-0.39, 0.29) is 0 Å². The standard InChI is InChI=1S/C8H10N2O2/c9-5-12-4-8-2-1-7(8)3-10-6-11/h7-8H,1-4H2. The van der Waals surface area contributed by atoms with Gasteiger partial charge >= 0.3 is 0 Å². The van der Waals surface area contributed by atoms with Gasteiger partial charge in [-0.3, -0.25) is 0 Å². The largest absolute Gasteiger partial charge is 0.427 e. The molecule has 0 aromatic heterocycles. The first-order valence-electron chi connectivity index (χ1n) is 3.93. The molecule has 1 fully saturated rings. The SMILES string of the molecule is N#COCC1CCC1CN=C=O. The minimum absolute atomic E-state index is 0.404. The van der Waals surface area contributed by atoms with Gasteiger partial charge in [0, 0.05) is 0 Å². The number of hydrogen-bond donors (Lipinski definition) is 0. The highest BCUT2D eigenvalue weighted by Gasteiger charge is 2.30. The van der Waals surface area contributed by atoms with Crippen molar-refractivity contribution in [2.24, 2.45) is 16.8 Å². The van der Waals surface area contributed by atoms with Gasteiger partial charge in [0.1, 0.15) is 6.61 Å². The van der Waals surface area contributed by atoms with Crippen LogP contribution in [0.2, 0.25) is 0 Å². The molecule has 64 valence electrons. The van der Waals surface area contributed by atoms with Gasteiger partial charge < -0.3 is 4.74 Å². The molecule has 4 nitrogen and oxygen atoms in total. The summed E-state index contributed by atoms with van der Waals surface area (Å²) in [5.41, 5.74) is 0. The van der Waals surface area contributed by atoms with Crippen molar-refractivity contribution in [1.29, 1.82) is 5.26 Å². The molecule has 0 heterocycles. The smallest absolute Gasteiger partial charge is 0.286 e. The molecule has 0 N–H and O–H groups in total. The van der Waals surface area contributed by atoms with E-state index in [9.17, 15) is 4.79 Å². The molecule has 0 spiro atoms. The number of nitriles is 1. The van der Waals surface area contributed by atoms with Crippen molar-refractivity contribution in [1.82, 2.24) is 0 Å². The first-order valence-corrected chi connectivity index (χ1v) is 3.93. The van der Waals surface area contributed by atoms with Gasteiger partial charge in [-0.05, 0) is 24.7 Å². The van der Waals surface area contributed by atoms with Crippen LogP contribution in [0.5, 0.6) is 0 Å². The Morgan fingerprint density at radius 3 is 2.75 bits per heavy atom. The Hall–Kier alpha value is -1.33. The molecule has 4 heteroatoms. The van der Waals surface area contributed by atoms with Crippen LogP contribution < -0.4 is 0 Å². The fraction of sp³-hybridized carbons (Fsp3) is 0.750. The molecule has 1 saturated carbocycles. The van der Waals surface area contributed by atoms with E-state index in [1.807, 2.05) is 0 Å². The zero-order valence-electron chi connectivity index (χ0n) is 6.69. The third-order valence-electron chi connectivity index (χ3n) is 2.33. The summed E-state index contributed by atoms with van der Waals surface area (Å²) in [5.74, 6) is 0.821. The molecule has 2 atom stereocenters. The van der Waals surface area contributed by atoms with Crippen molar-refractivity contribution in [3.05, 3.63) is 0 Å². The van der Waals surface area contributed by atoms with Crippen LogP contribution in [-0.2, 0) is 9.53 Å². The maximum absolute atomic E-state index is 9.79. The lowest BCUT2D eigenvalue weighted by atomic mass is 9.74. The van der Waals surface area contributed by atoms with Crippen molar-refractivity contribution in [3.63, 3.8) is 0 Å². The summed E-state index contributed by atoms with van der Waals surface area (Å²) >= 11 is 0. The molecule has 0 saturated heterocycles. The first-order chi connectivity index (χ1) is 5.88. The summed E-state index contributed by atoms with van der Waals surface area (Å²) in [7, 11) is 0. The molecule has 0 amide bonds. The second-order valence-corrected chi connectivity index (χ2v) is 2.93. The van der Waals surface area contributed by atoms with E-state index in [1.54, 1.807) is 6.26 Å². The zero-order chi connectivity index (χ0) is 8.81. The van der Waals surface area contributed by atoms with E-state index < -0.39 is 0 Å². The molecular weight excluding hydrogens is 156 g/mol. The monoisotopic (exact) mass is 166 g/mol. The number of carbonyl (C=O) groups excluding carboxylic acids is 1. The lowest BCUT2D eigenvalue weighted by Crippen LogP contribution is -2.31. The number of aliphatic imine (C=N–C) groups is 1. The van der Waals surface area contributed by atoms with Crippen LogP contribution >= 0.6 is 0 Å². The third-order valence-corrected chi connectivity index (χ3v) is 2.33. The van der Waals surface area contributed by atoms with Gasteiger partial charge in [-0.25, -0.2) is 9.79 Å². The Morgan fingerprint density at radius 2 is 2.25 bits per heavy atom. The van der Waals surface area contributed by atoms with Crippen LogP contribution in [0.1, 0.15) is 12.8 Å². The summed E-state index contributed by atoms with van der Waals surface area (Å²) in [6.07, 6.45) is 5.29.